The Morgan fingerprint density at radius 2 is 2.04 bits per heavy atom. The molecule has 1 aromatic heterocycles. The first-order chi connectivity index (χ1) is 13.1. The van der Waals surface area contributed by atoms with Gasteiger partial charge in [-0.15, -0.1) is 0 Å². The standard InChI is InChI=1S/C21H21N5O/c1-26-11-10-16(23-21(27)15-8-6-14(13-22)7-9-15)12-19(26)20-24-17-4-2-3-5-18(17)25-20/h2-9,16,19H,10-12H2,1H3,(H,23,27)(H,24,25)/t16-,19-/m1/s1. The van der Waals surface area contributed by atoms with Gasteiger partial charge >= 0.3 is 0 Å². The molecule has 2 N–H and O–H groups in total. The summed E-state index contributed by atoms with van der Waals surface area (Å²) in [6, 6.07) is 17.0. The number of H-pyrrole nitrogens is 1. The lowest BCUT2D eigenvalue weighted by Crippen LogP contribution is -2.45. The van der Waals surface area contributed by atoms with Gasteiger partial charge in [-0.1, -0.05) is 12.1 Å². The van der Waals surface area contributed by atoms with E-state index in [4.69, 9.17) is 10.2 Å². The second-order valence-corrected chi connectivity index (χ2v) is 7.02. The topological polar surface area (TPSA) is 84.8 Å². The number of aromatic nitrogens is 2. The van der Waals surface area contributed by atoms with Crippen molar-refractivity contribution in [3.05, 3.63) is 65.5 Å². The number of nitriles is 1. The zero-order valence-corrected chi connectivity index (χ0v) is 15.1. The van der Waals surface area contributed by atoms with Crippen molar-refractivity contribution in [1.29, 1.82) is 5.26 Å². The number of para-hydroxylation sites is 2. The van der Waals surface area contributed by atoms with Crippen LogP contribution < -0.4 is 5.32 Å². The van der Waals surface area contributed by atoms with E-state index >= 15 is 0 Å². The zero-order valence-electron chi connectivity index (χ0n) is 15.1. The predicted octanol–water partition coefficient (Wildman–Crippen LogP) is 3.00. The molecule has 6 heteroatoms. The Labute approximate surface area is 157 Å². The summed E-state index contributed by atoms with van der Waals surface area (Å²) >= 11 is 0. The molecule has 27 heavy (non-hydrogen) atoms. The smallest absolute Gasteiger partial charge is 0.251 e. The minimum Gasteiger partial charge on any atom is -0.349 e. The molecule has 1 fully saturated rings. The number of amides is 1. The van der Waals surface area contributed by atoms with Crippen LogP contribution in [0.25, 0.3) is 11.0 Å². The van der Waals surface area contributed by atoms with Gasteiger partial charge in [-0.25, -0.2) is 4.98 Å². The van der Waals surface area contributed by atoms with Crippen molar-refractivity contribution in [3.8, 4) is 6.07 Å². The molecule has 0 unspecified atom stereocenters. The normalized spacial score (nSPS) is 20.3. The summed E-state index contributed by atoms with van der Waals surface area (Å²) < 4.78 is 0. The van der Waals surface area contributed by atoms with Crippen LogP contribution in [-0.2, 0) is 0 Å². The van der Waals surface area contributed by atoms with Crippen LogP contribution in [0, 0.1) is 11.3 Å². The van der Waals surface area contributed by atoms with Crippen LogP contribution in [0.4, 0.5) is 0 Å². The minimum atomic E-state index is -0.0996. The van der Waals surface area contributed by atoms with Crippen LogP contribution in [0.2, 0.25) is 0 Å². The van der Waals surface area contributed by atoms with E-state index in [0.717, 1.165) is 36.2 Å². The van der Waals surface area contributed by atoms with E-state index in [9.17, 15) is 4.79 Å². The van der Waals surface area contributed by atoms with E-state index in [-0.39, 0.29) is 18.0 Å². The molecule has 3 aromatic rings. The maximum Gasteiger partial charge on any atom is 0.251 e. The molecular formula is C21H21N5O. The first-order valence-electron chi connectivity index (χ1n) is 9.10. The number of aromatic amines is 1. The lowest BCUT2D eigenvalue weighted by atomic mass is 9.96. The highest BCUT2D eigenvalue weighted by Gasteiger charge is 2.30. The molecule has 2 heterocycles. The third-order valence-corrected chi connectivity index (χ3v) is 5.20. The molecule has 0 aliphatic carbocycles. The molecule has 0 radical (unpaired) electrons. The molecule has 1 amide bonds. The van der Waals surface area contributed by atoms with Crippen molar-refractivity contribution < 1.29 is 4.79 Å². The van der Waals surface area contributed by atoms with E-state index in [1.807, 2.05) is 24.3 Å². The van der Waals surface area contributed by atoms with Crippen LogP contribution in [0.15, 0.2) is 48.5 Å². The highest BCUT2D eigenvalue weighted by atomic mass is 16.1. The Morgan fingerprint density at radius 1 is 1.26 bits per heavy atom. The summed E-state index contributed by atoms with van der Waals surface area (Å²) in [5.74, 6) is 0.841. The average molecular weight is 359 g/mol. The van der Waals surface area contributed by atoms with Gasteiger partial charge in [-0.05, 0) is 56.3 Å². The van der Waals surface area contributed by atoms with Crippen LogP contribution in [0.1, 0.15) is 40.6 Å². The Balaban J connectivity index is 1.48. The van der Waals surface area contributed by atoms with Crippen molar-refractivity contribution in [2.75, 3.05) is 13.6 Å². The zero-order chi connectivity index (χ0) is 18.8. The molecule has 2 aromatic carbocycles. The Hall–Kier alpha value is -3.17. The van der Waals surface area contributed by atoms with Gasteiger partial charge in [0.25, 0.3) is 5.91 Å². The van der Waals surface area contributed by atoms with Crippen molar-refractivity contribution >= 4 is 16.9 Å². The van der Waals surface area contributed by atoms with Gasteiger partial charge in [0.1, 0.15) is 5.82 Å². The number of nitrogens with zero attached hydrogens (tertiary/aromatic N) is 3. The second kappa shape index (κ2) is 7.22. The van der Waals surface area contributed by atoms with Gasteiger partial charge in [-0.3, -0.25) is 9.69 Å². The molecular weight excluding hydrogens is 338 g/mol. The number of rotatable bonds is 3. The van der Waals surface area contributed by atoms with E-state index in [1.54, 1.807) is 24.3 Å². The summed E-state index contributed by atoms with van der Waals surface area (Å²) in [7, 11) is 2.09. The highest BCUT2D eigenvalue weighted by Crippen LogP contribution is 2.29. The Bertz CT molecular complexity index is 968. The molecule has 1 saturated heterocycles. The lowest BCUT2D eigenvalue weighted by Gasteiger charge is -2.36. The fourth-order valence-electron chi connectivity index (χ4n) is 3.63. The average Bonchev–Trinajstić information content (AvgIpc) is 3.13. The number of nitrogens with one attached hydrogen (secondary N) is 2. The fraction of sp³-hybridized carbons (Fsp3) is 0.286. The van der Waals surface area contributed by atoms with Gasteiger partial charge in [0.15, 0.2) is 0 Å². The summed E-state index contributed by atoms with van der Waals surface area (Å²) in [5, 5.41) is 12.0. The fourth-order valence-corrected chi connectivity index (χ4v) is 3.63. The van der Waals surface area contributed by atoms with Gasteiger partial charge < -0.3 is 10.3 Å². The Morgan fingerprint density at radius 3 is 2.78 bits per heavy atom. The first kappa shape index (κ1) is 17.3. The maximum absolute atomic E-state index is 12.5. The van der Waals surface area contributed by atoms with Crippen LogP contribution >= 0.6 is 0 Å². The van der Waals surface area contributed by atoms with Crippen LogP contribution in [0.5, 0.6) is 0 Å². The van der Waals surface area contributed by atoms with Crippen molar-refractivity contribution in [1.82, 2.24) is 20.2 Å². The van der Waals surface area contributed by atoms with E-state index in [2.05, 4.69) is 28.3 Å². The SMILES string of the molecule is CN1CC[C@@H](NC(=O)c2ccc(C#N)cc2)C[C@@H]1c1nc2ccccc2[nH]1. The second-order valence-electron chi connectivity index (χ2n) is 7.02. The number of carbonyl (C=O) groups excluding carboxylic acids is 1. The molecule has 0 spiro atoms. The van der Waals surface area contributed by atoms with Gasteiger partial charge in [0.2, 0.25) is 0 Å². The van der Waals surface area contributed by atoms with Crippen LogP contribution in [0.3, 0.4) is 0 Å². The number of likely N-dealkylation sites (tertiary alicyclic amines) is 1. The van der Waals surface area contributed by atoms with Crippen molar-refractivity contribution in [3.63, 3.8) is 0 Å². The number of carbonyl (C=O) groups is 1. The number of benzene rings is 2. The largest absolute Gasteiger partial charge is 0.349 e. The molecule has 0 bridgehead atoms. The lowest BCUT2D eigenvalue weighted by molar-refractivity contribution is 0.0884. The number of hydrogen-bond donors (Lipinski definition) is 2. The van der Waals surface area contributed by atoms with E-state index < -0.39 is 0 Å². The molecule has 4 rings (SSSR count). The molecule has 2 atom stereocenters. The number of imidazole rings is 1. The summed E-state index contributed by atoms with van der Waals surface area (Å²) in [5.41, 5.74) is 3.12. The van der Waals surface area contributed by atoms with Gasteiger partial charge in [0, 0.05) is 18.2 Å². The summed E-state index contributed by atoms with van der Waals surface area (Å²) in [4.78, 5) is 23.0. The third-order valence-electron chi connectivity index (χ3n) is 5.20. The predicted molar refractivity (Wildman–Crippen MR) is 103 cm³/mol. The van der Waals surface area contributed by atoms with Gasteiger partial charge in [-0.2, -0.15) is 5.26 Å². The molecule has 136 valence electrons. The van der Waals surface area contributed by atoms with Crippen molar-refractivity contribution in [2.45, 2.75) is 24.9 Å². The quantitative estimate of drug-likeness (QED) is 0.753. The summed E-state index contributed by atoms with van der Waals surface area (Å²) in [6.45, 7) is 0.889. The molecule has 6 nitrogen and oxygen atoms in total. The summed E-state index contributed by atoms with van der Waals surface area (Å²) in [6.07, 6.45) is 1.70. The van der Waals surface area contributed by atoms with E-state index in [0.29, 0.717) is 11.1 Å². The monoisotopic (exact) mass is 359 g/mol. The van der Waals surface area contributed by atoms with Crippen molar-refractivity contribution in [2.24, 2.45) is 0 Å². The molecule has 0 saturated carbocycles. The van der Waals surface area contributed by atoms with Gasteiger partial charge in [0.05, 0.1) is 28.7 Å². The van der Waals surface area contributed by atoms with E-state index in [1.165, 1.54) is 0 Å². The number of fused-ring (bicyclic) bond motifs is 1. The number of hydrogen-bond acceptors (Lipinski definition) is 4. The molecule has 1 aliphatic rings. The highest BCUT2D eigenvalue weighted by molar-refractivity contribution is 5.94. The number of piperidine rings is 1. The minimum absolute atomic E-state index is 0.0857. The Kier molecular flexibility index (Phi) is 4.61. The third kappa shape index (κ3) is 3.55. The van der Waals surface area contributed by atoms with Crippen LogP contribution in [-0.4, -0.2) is 40.4 Å². The first-order valence-corrected chi connectivity index (χ1v) is 9.10. The maximum atomic E-state index is 12.5. The molecule has 1 aliphatic heterocycles.